The van der Waals surface area contributed by atoms with E-state index in [9.17, 15) is 14.4 Å². The topological polar surface area (TPSA) is 114 Å². The fraction of sp³-hybridized carbons (Fsp3) is 0.400. The summed E-state index contributed by atoms with van der Waals surface area (Å²) in [6.45, 7) is 1.99. The van der Waals surface area contributed by atoms with Crippen LogP contribution in [0.5, 0.6) is 0 Å². The summed E-state index contributed by atoms with van der Waals surface area (Å²) in [6.07, 6.45) is -0.394. The number of carbonyl (C=O) groups is 3. The molecule has 1 unspecified atom stereocenters. The third-order valence-corrected chi connectivity index (χ3v) is 6.57. The Balaban J connectivity index is 1.39. The SMILES string of the molecule is CO[C@@]1(C)C[C@H]1NC(=O)C(CCC(=O)O)NC(=O)OCC1c2ccccc2-c2ccccc21. The number of hydrogen-bond donors (Lipinski definition) is 3. The van der Waals surface area contributed by atoms with Gasteiger partial charge in [0, 0.05) is 25.9 Å². The number of alkyl carbamates (subject to hydrolysis) is 1. The lowest BCUT2D eigenvalue weighted by atomic mass is 9.98. The number of carboxylic acid groups (broad SMARTS) is 1. The zero-order valence-electron chi connectivity index (χ0n) is 18.7. The normalized spacial score (nSPS) is 21.5. The zero-order valence-corrected chi connectivity index (χ0v) is 18.7. The molecule has 174 valence electrons. The Labute approximate surface area is 192 Å². The molecule has 2 aromatic carbocycles. The molecule has 3 N–H and O–H groups in total. The molecule has 0 heterocycles. The summed E-state index contributed by atoms with van der Waals surface area (Å²) in [5.41, 5.74) is 3.97. The quantitative estimate of drug-likeness (QED) is 0.539. The Morgan fingerprint density at radius 3 is 2.24 bits per heavy atom. The van der Waals surface area contributed by atoms with Crippen molar-refractivity contribution in [3.05, 3.63) is 59.7 Å². The average molecular weight is 453 g/mol. The van der Waals surface area contributed by atoms with Crippen LogP contribution in [0.1, 0.15) is 43.2 Å². The van der Waals surface area contributed by atoms with Gasteiger partial charge >= 0.3 is 12.1 Å². The molecule has 0 radical (unpaired) electrons. The zero-order chi connectivity index (χ0) is 23.6. The predicted octanol–water partition coefficient (Wildman–Crippen LogP) is 3.05. The van der Waals surface area contributed by atoms with Gasteiger partial charge in [0.1, 0.15) is 12.6 Å². The molecule has 8 heteroatoms. The van der Waals surface area contributed by atoms with Crippen molar-refractivity contribution in [3.8, 4) is 11.1 Å². The van der Waals surface area contributed by atoms with E-state index in [0.717, 1.165) is 22.3 Å². The van der Waals surface area contributed by atoms with E-state index < -0.39 is 29.6 Å². The first-order chi connectivity index (χ1) is 15.8. The van der Waals surface area contributed by atoms with Crippen LogP contribution in [0.15, 0.2) is 48.5 Å². The van der Waals surface area contributed by atoms with E-state index in [1.54, 1.807) is 7.11 Å². The first-order valence-corrected chi connectivity index (χ1v) is 11.0. The van der Waals surface area contributed by atoms with Crippen LogP contribution in [0, 0.1) is 0 Å². The lowest BCUT2D eigenvalue weighted by Gasteiger charge is -2.20. The van der Waals surface area contributed by atoms with Crippen molar-refractivity contribution >= 4 is 18.0 Å². The van der Waals surface area contributed by atoms with Crippen LogP contribution in [0.4, 0.5) is 4.79 Å². The Hall–Kier alpha value is -3.39. The number of hydrogen-bond acceptors (Lipinski definition) is 5. The summed E-state index contributed by atoms with van der Waals surface area (Å²) in [5, 5.41) is 14.4. The van der Waals surface area contributed by atoms with E-state index in [0.29, 0.717) is 6.42 Å². The van der Waals surface area contributed by atoms with Crippen LogP contribution < -0.4 is 10.6 Å². The van der Waals surface area contributed by atoms with E-state index in [1.165, 1.54) is 0 Å². The lowest BCUT2D eigenvalue weighted by Crippen LogP contribution is -2.49. The van der Waals surface area contributed by atoms with E-state index in [2.05, 4.69) is 10.6 Å². The molecule has 8 nitrogen and oxygen atoms in total. The maximum Gasteiger partial charge on any atom is 0.407 e. The third kappa shape index (κ3) is 4.85. The molecular formula is C25H28N2O6. The maximum atomic E-state index is 12.7. The molecule has 0 saturated heterocycles. The van der Waals surface area contributed by atoms with Crippen LogP contribution in [-0.2, 0) is 19.1 Å². The summed E-state index contributed by atoms with van der Waals surface area (Å²) in [5.74, 6) is -1.60. The molecule has 0 spiro atoms. The number of rotatable bonds is 9. The second-order valence-electron chi connectivity index (χ2n) is 8.74. The second-order valence-corrected chi connectivity index (χ2v) is 8.74. The highest BCUT2D eigenvalue weighted by molar-refractivity contribution is 5.87. The molecule has 3 atom stereocenters. The van der Waals surface area contributed by atoms with Crippen molar-refractivity contribution in [2.75, 3.05) is 13.7 Å². The van der Waals surface area contributed by atoms with Crippen molar-refractivity contribution < 1.29 is 29.0 Å². The van der Waals surface area contributed by atoms with Gasteiger partial charge in [-0.3, -0.25) is 9.59 Å². The third-order valence-electron chi connectivity index (χ3n) is 6.57. The number of methoxy groups -OCH3 is 1. The molecule has 2 aromatic rings. The Bertz CT molecular complexity index is 1020. The summed E-state index contributed by atoms with van der Waals surface area (Å²) in [7, 11) is 1.57. The molecular weight excluding hydrogens is 424 g/mol. The molecule has 2 aliphatic carbocycles. The number of ether oxygens (including phenoxy) is 2. The predicted molar refractivity (Wildman–Crippen MR) is 121 cm³/mol. The van der Waals surface area contributed by atoms with Gasteiger partial charge in [-0.1, -0.05) is 48.5 Å². The highest BCUT2D eigenvalue weighted by Crippen LogP contribution is 2.44. The molecule has 2 amide bonds. The summed E-state index contributed by atoms with van der Waals surface area (Å²) in [4.78, 5) is 36.3. The van der Waals surface area contributed by atoms with Gasteiger partial charge in [-0.2, -0.15) is 0 Å². The monoisotopic (exact) mass is 452 g/mol. The Morgan fingerprint density at radius 1 is 1.09 bits per heavy atom. The molecule has 2 aliphatic rings. The molecule has 4 rings (SSSR count). The van der Waals surface area contributed by atoms with Crippen molar-refractivity contribution in [3.63, 3.8) is 0 Å². The van der Waals surface area contributed by atoms with Crippen LogP contribution in [0.3, 0.4) is 0 Å². The van der Waals surface area contributed by atoms with E-state index >= 15 is 0 Å². The molecule has 0 bridgehead atoms. The Kier molecular flexibility index (Phi) is 6.37. The first kappa shape index (κ1) is 22.8. The first-order valence-electron chi connectivity index (χ1n) is 11.0. The number of amides is 2. The molecule has 1 saturated carbocycles. The van der Waals surface area contributed by atoms with Gasteiger partial charge in [0.15, 0.2) is 0 Å². The lowest BCUT2D eigenvalue weighted by molar-refractivity contribution is -0.137. The number of carbonyl (C=O) groups excluding carboxylic acids is 2. The van der Waals surface area contributed by atoms with Crippen molar-refractivity contribution in [2.24, 2.45) is 0 Å². The average Bonchev–Trinajstić information content (AvgIpc) is 3.34. The smallest absolute Gasteiger partial charge is 0.407 e. The van der Waals surface area contributed by atoms with Crippen LogP contribution in [0.2, 0.25) is 0 Å². The Morgan fingerprint density at radius 2 is 1.70 bits per heavy atom. The fourth-order valence-corrected chi connectivity index (χ4v) is 4.37. The summed E-state index contributed by atoms with van der Waals surface area (Å²) >= 11 is 0. The highest BCUT2D eigenvalue weighted by atomic mass is 16.5. The molecule has 0 aliphatic heterocycles. The van der Waals surface area contributed by atoms with Gasteiger partial charge in [0.25, 0.3) is 0 Å². The standard InChI is InChI=1S/C25H28N2O6/c1-25(32-2)13-21(25)27-23(30)20(11-12-22(28)29)26-24(31)33-14-19-17-9-5-3-7-15(17)16-8-4-6-10-18(16)19/h3-10,19-21H,11-14H2,1-2H3,(H,26,31)(H,27,30)(H,28,29)/t20?,21-,25+/m1/s1. The van der Waals surface area contributed by atoms with Gasteiger partial charge < -0.3 is 25.2 Å². The number of fused-ring (bicyclic) bond motifs is 3. The van der Waals surface area contributed by atoms with E-state index in [4.69, 9.17) is 14.6 Å². The molecule has 0 aromatic heterocycles. The number of carboxylic acids is 1. The maximum absolute atomic E-state index is 12.7. The molecule has 33 heavy (non-hydrogen) atoms. The number of nitrogens with one attached hydrogen (secondary N) is 2. The van der Waals surface area contributed by atoms with Crippen LogP contribution >= 0.6 is 0 Å². The van der Waals surface area contributed by atoms with E-state index in [1.807, 2.05) is 55.5 Å². The van der Waals surface area contributed by atoms with Crippen molar-refractivity contribution in [2.45, 2.75) is 49.8 Å². The van der Waals surface area contributed by atoms with Gasteiger partial charge in [0.2, 0.25) is 5.91 Å². The van der Waals surface area contributed by atoms with E-state index in [-0.39, 0.29) is 31.4 Å². The highest BCUT2D eigenvalue weighted by Gasteiger charge is 2.52. The van der Waals surface area contributed by atoms with Crippen molar-refractivity contribution in [1.29, 1.82) is 0 Å². The second kappa shape index (κ2) is 9.23. The van der Waals surface area contributed by atoms with Crippen LogP contribution in [0.25, 0.3) is 11.1 Å². The number of aliphatic carboxylic acids is 1. The minimum Gasteiger partial charge on any atom is -0.481 e. The van der Waals surface area contributed by atoms with Crippen molar-refractivity contribution in [1.82, 2.24) is 10.6 Å². The van der Waals surface area contributed by atoms with Gasteiger partial charge in [0.05, 0.1) is 11.6 Å². The minimum absolute atomic E-state index is 0.0399. The summed E-state index contributed by atoms with van der Waals surface area (Å²) in [6, 6.07) is 14.8. The van der Waals surface area contributed by atoms with Gasteiger partial charge in [-0.25, -0.2) is 4.79 Å². The number of benzene rings is 2. The summed E-state index contributed by atoms with van der Waals surface area (Å²) < 4.78 is 10.9. The van der Waals surface area contributed by atoms with Gasteiger partial charge in [-0.15, -0.1) is 0 Å². The largest absolute Gasteiger partial charge is 0.481 e. The van der Waals surface area contributed by atoms with Crippen LogP contribution in [-0.4, -0.2) is 54.5 Å². The van der Waals surface area contributed by atoms with Gasteiger partial charge in [-0.05, 0) is 35.6 Å². The molecule has 1 fully saturated rings. The minimum atomic E-state index is -1.05. The fourth-order valence-electron chi connectivity index (χ4n) is 4.37.